The average molecular weight is 194 g/mol. The van der Waals surface area contributed by atoms with Crippen LogP contribution in [0.4, 0.5) is 0 Å². The molecule has 0 saturated heterocycles. The predicted octanol–water partition coefficient (Wildman–Crippen LogP) is 0.845. The molecule has 4 heteroatoms. The molecule has 0 aromatic rings. The van der Waals surface area contributed by atoms with Crippen molar-refractivity contribution in [3.63, 3.8) is 0 Å². The maximum Gasteiger partial charge on any atom is 0.222 e. The molecule has 1 atom stereocenters. The van der Waals surface area contributed by atoms with Crippen LogP contribution in [0.25, 0.3) is 0 Å². The van der Waals surface area contributed by atoms with Crippen LogP contribution in [0.5, 0.6) is 0 Å². The van der Waals surface area contributed by atoms with Gasteiger partial charge < -0.3 is 10.0 Å². The molecule has 0 aliphatic heterocycles. The predicted molar refractivity (Wildman–Crippen MR) is 49.3 cm³/mol. The van der Waals surface area contributed by atoms with Gasteiger partial charge in [-0.15, -0.1) is 11.6 Å². The van der Waals surface area contributed by atoms with Crippen molar-refractivity contribution in [2.75, 3.05) is 19.5 Å². The first-order valence-corrected chi connectivity index (χ1v) is 4.59. The fraction of sp³-hybridized carbons (Fsp3) is 0.875. The minimum atomic E-state index is -0.463. The summed E-state index contributed by atoms with van der Waals surface area (Å²) in [4.78, 5) is 12.7. The standard InChI is InChI=1S/C8H16ClNO2/c1-7(11)6-10(2)8(12)4-3-5-9/h7,11H,3-6H2,1-2H3. The molecule has 0 spiro atoms. The Morgan fingerprint density at radius 3 is 2.67 bits per heavy atom. The summed E-state index contributed by atoms with van der Waals surface area (Å²) in [5, 5.41) is 8.98. The zero-order chi connectivity index (χ0) is 9.56. The van der Waals surface area contributed by atoms with E-state index in [2.05, 4.69) is 0 Å². The van der Waals surface area contributed by atoms with Crippen LogP contribution in [0.3, 0.4) is 0 Å². The number of amides is 1. The van der Waals surface area contributed by atoms with Gasteiger partial charge in [-0.1, -0.05) is 0 Å². The minimum absolute atomic E-state index is 0.0385. The van der Waals surface area contributed by atoms with Crippen LogP contribution < -0.4 is 0 Å². The SMILES string of the molecule is CC(O)CN(C)C(=O)CCCCl. The van der Waals surface area contributed by atoms with E-state index in [1.165, 1.54) is 4.90 Å². The van der Waals surface area contributed by atoms with E-state index in [1.807, 2.05) is 0 Å². The summed E-state index contributed by atoms with van der Waals surface area (Å²) >= 11 is 5.44. The second-order valence-corrected chi connectivity index (χ2v) is 3.29. The second-order valence-electron chi connectivity index (χ2n) is 2.92. The van der Waals surface area contributed by atoms with Gasteiger partial charge in [-0.2, -0.15) is 0 Å². The van der Waals surface area contributed by atoms with Crippen LogP contribution in [-0.2, 0) is 4.79 Å². The number of carbonyl (C=O) groups is 1. The Balaban J connectivity index is 3.61. The molecule has 1 N–H and O–H groups in total. The number of aliphatic hydroxyl groups excluding tert-OH is 1. The number of aliphatic hydroxyl groups is 1. The lowest BCUT2D eigenvalue weighted by Gasteiger charge is -2.18. The lowest BCUT2D eigenvalue weighted by molar-refractivity contribution is -0.131. The van der Waals surface area contributed by atoms with E-state index >= 15 is 0 Å². The number of hydrogen-bond donors (Lipinski definition) is 1. The number of likely N-dealkylation sites (N-methyl/N-ethyl adjacent to an activating group) is 1. The van der Waals surface area contributed by atoms with Gasteiger partial charge in [0.15, 0.2) is 0 Å². The molecule has 3 nitrogen and oxygen atoms in total. The highest BCUT2D eigenvalue weighted by Crippen LogP contribution is 1.98. The fourth-order valence-corrected chi connectivity index (χ4v) is 1.04. The Morgan fingerprint density at radius 2 is 2.25 bits per heavy atom. The first-order chi connectivity index (χ1) is 5.57. The van der Waals surface area contributed by atoms with E-state index < -0.39 is 6.10 Å². The molecule has 0 radical (unpaired) electrons. The van der Waals surface area contributed by atoms with Crippen LogP contribution in [0.2, 0.25) is 0 Å². The van der Waals surface area contributed by atoms with Crippen molar-refractivity contribution in [3.05, 3.63) is 0 Å². The summed E-state index contributed by atoms with van der Waals surface area (Å²) in [7, 11) is 1.68. The second kappa shape index (κ2) is 6.26. The molecule has 0 saturated carbocycles. The van der Waals surface area contributed by atoms with Crippen LogP contribution >= 0.6 is 11.6 Å². The molecule has 0 aromatic heterocycles. The molecule has 0 aliphatic rings. The van der Waals surface area contributed by atoms with Gasteiger partial charge in [0.2, 0.25) is 5.91 Å². The topological polar surface area (TPSA) is 40.5 Å². The van der Waals surface area contributed by atoms with Crippen molar-refractivity contribution in [2.45, 2.75) is 25.9 Å². The Hall–Kier alpha value is -0.280. The van der Waals surface area contributed by atoms with Gasteiger partial charge in [-0.3, -0.25) is 4.79 Å². The van der Waals surface area contributed by atoms with E-state index in [1.54, 1.807) is 14.0 Å². The summed E-state index contributed by atoms with van der Waals surface area (Å²) in [6.07, 6.45) is 0.701. The van der Waals surface area contributed by atoms with E-state index in [9.17, 15) is 4.79 Å². The first kappa shape index (κ1) is 11.7. The number of halogens is 1. The third-order valence-electron chi connectivity index (χ3n) is 1.49. The highest BCUT2D eigenvalue weighted by atomic mass is 35.5. The van der Waals surface area contributed by atoms with Crippen molar-refractivity contribution >= 4 is 17.5 Å². The van der Waals surface area contributed by atoms with Crippen molar-refractivity contribution in [3.8, 4) is 0 Å². The van der Waals surface area contributed by atoms with Gasteiger partial charge in [0.25, 0.3) is 0 Å². The van der Waals surface area contributed by atoms with Crippen molar-refractivity contribution in [1.29, 1.82) is 0 Å². The Bertz CT molecular complexity index is 139. The Kier molecular flexibility index (Phi) is 6.11. The number of rotatable bonds is 5. The monoisotopic (exact) mass is 193 g/mol. The van der Waals surface area contributed by atoms with E-state index in [-0.39, 0.29) is 5.91 Å². The van der Waals surface area contributed by atoms with Crippen LogP contribution in [0.1, 0.15) is 19.8 Å². The Morgan fingerprint density at radius 1 is 1.67 bits per heavy atom. The maximum absolute atomic E-state index is 11.2. The lowest BCUT2D eigenvalue weighted by atomic mass is 10.3. The van der Waals surface area contributed by atoms with Gasteiger partial charge in [0, 0.05) is 25.9 Å². The number of alkyl halides is 1. The van der Waals surface area contributed by atoms with Crippen LogP contribution in [0.15, 0.2) is 0 Å². The highest BCUT2D eigenvalue weighted by Gasteiger charge is 2.09. The van der Waals surface area contributed by atoms with E-state index in [0.29, 0.717) is 25.3 Å². The average Bonchev–Trinajstić information content (AvgIpc) is 1.98. The summed E-state index contributed by atoms with van der Waals surface area (Å²) < 4.78 is 0. The zero-order valence-electron chi connectivity index (χ0n) is 7.59. The quantitative estimate of drug-likeness (QED) is 0.658. The summed E-state index contributed by atoms with van der Waals surface area (Å²) in [5.41, 5.74) is 0. The summed E-state index contributed by atoms with van der Waals surface area (Å²) in [6.45, 7) is 2.05. The van der Waals surface area contributed by atoms with E-state index in [0.717, 1.165) is 0 Å². The molecule has 0 heterocycles. The first-order valence-electron chi connectivity index (χ1n) is 4.06. The maximum atomic E-state index is 11.2. The normalized spacial score (nSPS) is 12.7. The summed E-state index contributed by atoms with van der Waals surface area (Å²) in [6, 6.07) is 0. The van der Waals surface area contributed by atoms with Crippen LogP contribution in [-0.4, -0.2) is 41.5 Å². The molecule has 0 bridgehead atoms. The van der Waals surface area contributed by atoms with Crippen molar-refractivity contribution in [2.24, 2.45) is 0 Å². The summed E-state index contributed by atoms with van der Waals surface area (Å²) in [5.74, 6) is 0.547. The molecule has 72 valence electrons. The molecular formula is C8H16ClNO2. The number of carbonyl (C=O) groups excluding carboxylic acids is 1. The third kappa shape index (κ3) is 5.38. The molecule has 1 amide bonds. The smallest absolute Gasteiger partial charge is 0.222 e. The number of hydrogen-bond acceptors (Lipinski definition) is 2. The minimum Gasteiger partial charge on any atom is -0.392 e. The van der Waals surface area contributed by atoms with Gasteiger partial charge >= 0.3 is 0 Å². The molecule has 0 fully saturated rings. The largest absolute Gasteiger partial charge is 0.392 e. The number of nitrogens with zero attached hydrogens (tertiary/aromatic N) is 1. The molecular weight excluding hydrogens is 178 g/mol. The van der Waals surface area contributed by atoms with E-state index in [4.69, 9.17) is 16.7 Å². The van der Waals surface area contributed by atoms with Gasteiger partial charge in [-0.05, 0) is 13.3 Å². The van der Waals surface area contributed by atoms with Crippen LogP contribution in [0, 0.1) is 0 Å². The van der Waals surface area contributed by atoms with Gasteiger partial charge in [0.05, 0.1) is 6.10 Å². The van der Waals surface area contributed by atoms with Gasteiger partial charge in [-0.25, -0.2) is 0 Å². The molecule has 1 unspecified atom stereocenters. The molecule has 0 rings (SSSR count). The zero-order valence-corrected chi connectivity index (χ0v) is 8.34. The highest BCUT2D eigenvalue weighted by molar-refractivity contribution is 6.17. The molecule has 0 aliphatic carbocycles. The van der Waals surface area contributed by atoms with Gasteiger partial charge in [0.1, 0.15) is 0 Å². The molecule has 12 heavy (non-hydrogen) atoms. The van der Waals surface area contributed by atoms with Crippen molar-refractivity contribution in [1.82, 2.24) is 4.90 Å². The van der Waals surface area contributed by atoms with Crippen molar-refractivity contribution < 1.29 is 9.90 Å². The third-order valence-corrected chi connectivity index (χ3v) is 1.76. The molecule has 0 aromatic carbocycles. The Labute approximate surface area is 78.3 Å². The fourth-order valence-electron chi connectivity index (χ4n) is 0.907. The lowest BCUT2D eigenvalue weighted by Crippen LogP contribution is -2.32.